The van der Waals surface area contributed by atoms with Gasteiger partial charge in [0.1, 0.15) is 11.4 Å². The summed E-state index contributed by atoms with van der Waals surface area (Å²) in [5, 5.41) is 0. The fraction of sp³-hybridized carbons (Fsp3) is 0.625. The zero-order valence-corrected chi connectivity index (χ0v) is 11.2. The Hall–Kier alpha value is -1.02. The maximum atomic E-state index is 6.38. The Morgan fingerprint density at radius 1 is 1.33 bits per heavy atom. The number of nitrogens with two attached hydrogens (primary N) is 1. The normalized spacial score (nSPS) is 35.0. The van der Waals surface area contributed by atoms with E-state index in [9.17, 15) is 0 Å². The summed E-state index contributed by atoms with van der Waals surface area (Å²) in [7, 11) is 0. The topological polar surface area (TPSA) is 35.2 Å². The molecule has 98 valence electrons. The van der Waals surface area contributed by atoms with Crippen molar-refractivity contribution in [2.75, 3.05) is 0 Å². The van der Waals surface area contributed by atoms with Gasteiger partial charge in [-0.05, 0) is 31.2 Å². The molecular formula is C16H23NO. The Labute approximate surface area is 110 Å². The number of rotatable bonds is 1. The average molecular weight is 245 g/mol. The van der Waals surface area contributed by atoms with Gasteiger partial charge in [0, 0.05) is 18.0 Å². The molecule has 0 aromatic heterocycles. The van der Waals surface area contributed by atoms with Gasteiger partial charge >= 0.3 is 0 Å². The fourth-order valence-corrected chi connectivity index (χ4v) is 3.74. The third-order valence-corrected chi connectivity index (χ3v) is 4.72. The summed E-state index contributed by atoms with van der Waals surface area (Å²) in [4.78, 5) is 0. The molecule has 3 rings (SSSR count). The molecule has 2 nitrogen and oxygen atoms in total. The Bertz CT molecular complexity index is 431. The Morgan fingerprint density at radius 3 is 3.00 bits per heavy atom. The lowest BCUT2D eigenvalue weighted by atomic mass is 9.72. The molecule has 1 aromatic rings. The van der Waals surface area contributed by atoms with Crippen LogP contribution in [0.4, 0.5) is 0 Å². The van der Waals surface area contributed by atoms with E-state index >= 15 is 0 Å². The standard InChI is InChI=1S/C16H23NO/c1-2-12-6-5-9-16(10-12)11-14(17)13-7-3-4-8-15(13)18-16/h3-4,7-8,12,14H,2,5-6,9-11,17H2,1H3/t12?,14-,16?/m1/s1. The summed E-state index contributed by atoms with van der Waals surface area (Å²) in [5.41, 5.74) is 7.56. The van der Waals surface area contributed by atoms with Gasteiger partial charge in [-0.15, -0.1) is 0 Å². The van der Waals surface area contributed by atoms with Crippen LogP contribution in [0, 0.1) is 5.92 Å². The first-order chi connectivity index (χ1) is 8.72. The lowest BCUT2D eigenvalue weighted by Crippen LogP contribution is -2.46. The van der Waals surface area contributed by atoms with E-state index in [-0.39, 0.29) is 11.6 Å². The smallest absolute Gasteiger partial charge is 0.124 e. The van der Waals surface area contributed by atoms with Crippen LogP contribution in [0.25, 0.3) is 0 Å². The van der Waals surface area contributed by atoms with Crippen molar-refractivity contribution in [2.24, 2.45) is 11.7 Å². The lowest BCUT2D eigenvalue weighted by Gasteiger charge is -2.46. The van der Waals surface area contributed by atoms with Gasteiger partial charge in [0.05, 0.1) is 0 Å². The van der Waals surface area contributed by atoms with Crippen LogP contribution in [0.15, 0.2) is 24.3 Å². The molecule has 2 N–H and O–H groups in total. The molecule has 0 radical (unpaired) electrons. The van der Waals surface area contributed by atoms with Crippen LogP contribution in [-0.2, 0) is 0 Å². The molecule has 0 amide bonds. The number of para-hydroxylation sites is 1. The second-order valence-electron chi connectivity index (χ2n) is 6.00. The summed E-state index contributed by atoms with van der Waals surface area (Å²) in [6.07, 6.45) is 7.26. The van der Waals surface area contributed by atoms with Crippen LogP contribution >= 0.6 is 0 Å². The minimum Gasteiger partial charge on any atom is -0.487 e. The number of hydrogen-bond acceptors (Lipinski definition) is 2. The van der Waals surface area contributed by atoms with Crippen LogP contribution < -0.4 is 10.5 Å². The molecule has 1 aromatic carbocycles. The molecule has 2 unspecified atom stereocenters. The fourth-order valence-electron chi connectivity index (χ4n) is 3.74. The number of benzene rings is 1. The molecule has 1 heterocycles. The highest BCUT2D eigenvalue weighted by Gasteiger charge is 2.42. The second kappa shape index (κ2) is 4.58. The van der Waals surface area contributed by atoms with Gasteiger partial charge in [-0.1, -0.05) is 38.0 Å². The molecule has 1 spiro atoms. The summed E-state index contributed by atoms with van der Waals surface area (Å²) >= 11 is 0. The molecule has 2 aliphatic rings. The van der Waals surface area contributed by atoms with Crippen LogP contribution in [0.1, 0.15) is 57.1 Å². The van der Waals surface area contributed by atoms with Gasteiger partial charge in [-0.3, -0.25) is 0 Å². The first-order valence-electron chi connectivity index (χ1n) is 7.26. The minimum atomic E-state index is 0.0205. The maximum absolute atomic E-state index is 6.38. The quantitative estimate of drug-likeness (QED) is 0.816. The van der Waals surface area contributed by atoms with E-state index in [1.807, 2.05) is 6.07 Å². The highest BCUT2D eigenvalue weighted by molar-refractivity contribution is 5.38. The highest BCUT2D eigenvalue weighted by atomic mass is 16.5. The van der Waals surface area contributed by atoms with Gasteiger partial charge in [0.25, 0.3) is 0 Å². The van der Waals surface area contributed by atoms with Crippen LogP contribution in [0.5, 0.6) is 5.75 Å². The minimum absolute atomic E-state index is 0.0205. The van der Waals surface area contributed by atoms with Crippen LogP contribution in [-0.4, -0.2) is 5.60 Å². The first kappa shape index (κ1) is 12.0. The largest absolute Gasteiger partial charge is 0.487 e. The molecule has 0 saturated heterocycles. The van der Waals surface area contributed by atoms with Crippen molar-refractivity contribution in [3.05, 3.63) is 29.8 Å². The zero-order valence-electron chi connectivity index (χ0n) is 11.2. The van der Waals surface area contributed by atoms with E-state index in [0.29, 0.717) is 0 Å². The Kier molecular flexibility index (Phi) is 3.06. The van der Waals surface area contributed by atoms with E-state index in [2.05, 4.69) is 25.1 Å². The van der Waals surface area contributed by atoms with E-state index in [1.54, 1.807) is 0 Å². The van der Waals surface area contributed by atoms with Crippen molar-refractivity contribution in [3.8, 4) is 5.75 Å². The van der Waals surface area contributed by atoms with E-state index < -0.39 is 0 Å². The Balaban J connectivity index is 1.88. The lowest BCUT2D eigenvalue weighted by molar-refractivity contribution is -0.0175. The van der Waals surface area contributed by atoms with Crippen molar-refractivity contribution < 1.29 is 4.74 Å². The van der Waals surface area contributed by atoms with Gasteiger partial charge in [-0.25, -0.2) is 0 Å². The molecule has 1 aliphatic heterocycles. The van der Waals surface area contributed by atoms with Crippen molar-refractivity contribution >= 4 is 0 Å². The molecule has 18 heavy (non-hydrogen) atoms. The third-order valence-electron chi connectivity index (χ3n) is 4.72. The maximum Gasteiger partial charge on any atom is 0.124 e. The third kappa shape index (κ3) is 2.03. The predicted molar refractivity (Wildman–Crippen MR) is 73.6 cm³/mol. The SMILES string of the molecule is CCC1CCCC2(C1)C[C@@H](N)c1ccccc1O2. The molecule has 0 bridgehead atoms. The molecular weight excluding hydrogens is 222 g/mol. The van der Waals surface area contributed by atoms with Crippen LogP contribution in [0.2, 0.25) is 0 Å². The van der Waals surface area contributed by atoms with Crippen molar-refractivity contribution in [1.82, 2.24) is 0 Å². The monoisotopic (exact) mass is 245 g/mol. The van der Waals surface area contributed by atoms with Gasteiger partial charge < -0.3 is 10.5 Å². The number of hydrogen-bond donors (Lipinski definition) is 1. The highest BCUT2D eigenvalue weighted by Crippen LogP contribution is 2.47. The molecule has 2 heteroatoms. The summed E-state index contributed by atoms with van der Waals surface area (Å²) < 4.78 is 6.38. The van der Waals surface area contributed by atoms with E-state index in [0.717, 1.165) is 18.1 Å². The van der Waals surface area contributed by atoms with Gasteiger partial charge in [0.2, 0.25) is 0 Å². The summed E-state index contributed by atoms with van der Waals surface area (Å²) in [6, 6.07) is 8.42. The van der Waals surface area contributed by atoms with Gasteiger partial charge in [0.15, 0.2) is 0 Å². The van der Waals surface area contributed by atoms with E-state index in [4.69, 9.17) is 10.5 Å². The average Bonchev–Trinajstić information content (AvgIpc) is 2.38. The predicted octanol–water partition coefficient (Wildman–Crippen LogP) is 3.81. The summed E-state index contributed by atoms with van der Waals surface area (Å²) in [5.74, 6) is 1.84. The molecule has 1 saturated carbocycles. The zero-order chi connectivity index (χ0) is 12.6. The summed E-state index contributed by atoms with van der Waals surface area (Å²) in [6.45, 7) is 2.29. The first-order valence-corrected chi connectivity index (χ1v) is 7.26. The molecule has 1 aliphatic carbocycles. The number of ether oxygens (including phenoxy) is 1. The van der Waals surface area contributed by atoms with Crippen molar-refractivity contribution in [2.45, 2.75) is 57.1 Å². The van der Waals surface area contributed by atoms with Crippen LogP contribution in [0.3, 0.4) is 0 Å². The van der Waals surface area contributed by atoms with Gasteiger partial charge in [-0.2, -0.15) is 0 Å². The second-order valence-corrected chi connectivity index (χ2v) is 6.00. The van der Waals surface area contributed by atoms with E-state index in [1.165, 1.54) is 37.7 Å². The Morgan fingerprint density at radius 2 is 2.17 bits per heavy atom. The molecule has 3 atom stereocenters. The molecule has 1 fully saturated rings. The number of fused-ring (bicyclic) bond motifs is 1. The van der Waals surface area contributed by atoms with Crippen molar-refractivity contribution in [1.29, 1.82) is 0 Å². The van der Waals surface area contributed by atoms with Crippen molar-refractivity contribution in [3.63, 3.8) is 0 Å².